The standard InChI is InChI=1S/C19H19N3O5S2/c1-26-19(23)14-2-4-16(5-3-14)29(24,25)22-9-6-13(7-10-22)17-20-21-18(27-17)15-8-11-28-12-15/h2-5,8,11-13H,6-7,9-10H2,1H3. The number of ether oxygens (including phenoxy) is 1. The van der Waals surface area contributed by atoms with Crippen LogP contribution in [-0.4, -0.2) is 49.1 Å². The van der Waals surface area contributed by atoms with Crippen LogP contribution in [0, 0.1) is 0 Å². The van der Waals surface area contributed by atoms with Gasteiger partial charge in [-0.25, -0.2) is 13.2 Å². The van der Waals surface area contributed by atoms with Crippen LogP contribution in [0.3, 0.4) is 0 Å². The van der Waals surface area contributed by atoms with Gasteiger partial charge in [0.25, 0.3) is 0 Å². The molecule has 0 radical (unpaired) electrons. The molecule has 3 heterocycles. The molecule has 1 fully saturated rings. The fraction of sp³-hybridized carbons (Fsp3) is 0.316. The Morgan fingerprint density at radius 2 is 1.90 bits per heavy atom. The second kappa shape index (κ2) is 8.05. The Balaban J connectivity index is 1.43. The molecule has 8 nitrogen and oxygen atoms in total. The van der Waals surface area contributed by atoms with Crippen molar-refractivity contribution in [2.24, 2.45) is 0 Å². The molecule has 0 unspecified atom stereocenters. The Labute approximate surface area is 172 Å². The van der Waals surface area contributed by atoms with Crippen molar-refractivity contribution in [1.82, 2.24) is 14.5 Å². The molecule has 0 saturated carbocycles. The molecule has 1 aliphatic heterocycles. The highest BCUT2D eigenvalue weighted by Gasteiger charge is 2.32. The van der Waals surface area contributed by atoms with E-state index in [0.717, 1.165) is 5.56 Å². The Morgan fingerprint density at radius 1 is 1.17 bits per heavy atom. The van der Waals surface area contributed by atoms with Gasteiger partial charge in [-0.2, -0.15) is 15.6 Å². The summed E-state index contributed by atoms with van der Waals surface area (Å²) >= 11 is 1.56. The number of esters is 1. The number of sulfonamides is 1. The van der Waals surface area contributed by atoms with Gasteiger partial charge in [0.15, 0.2) is 0 Å². The van der Waals surface area contributed by atoms with Gasteiger partial charge in [-0.05, 0) is 48.6 Å². The average Bonchev–Trinajstić information content (AvgIpc) is 3.45. The molecular formula is C19H19N3O5S2. The van der Waals surface area contributed by atoms with Crippen LogP contribution in [0.5, 0.6) is 0 Å². The molecule has 3 aromatic rings. The normalized spacial score (nSPS) is 16.0. The molecule has 0 atom stereocenters. The number of aromatic nitrogens is 2. The average molecular weight is 434 g/mol. The summed E-state index contributed by atoms with van der Waals surface area (Å²) < 4.78 is 37.7. The van der Waals surface area contributed by atoms with Crippen molar-refractivity contribution in [2.75, 3.05) is 20.2 Å². The second-order valence-corrected chi connectivity index (χ2v) is 9.37. The highest BCUT2D eigenvalue weighted by molar-refractivity contribution is 7.89. The van der Waals surface area contributed by atoms with Crippen molar-refractivity contribution in [3.63, 3.8) is 0 Å². The lowest BCUT2D eigenvalue weighted by Crippen LogP contribution is -2.38. The zero-order valence-electron chi connectivity index (χ0n) is 15.6. The number of carbonyl (C=O) groups is 1. The lowest BCUT2D eigenvalue weighted by molar-refractivity contribution is 0.0600. The molecule has 0 spiro atoms. The van der Waals surface area contributed by atoms with Crippen molar-refractivity contribution < 1.29 is 22.4 Å². The fourth-order valence-electron chi connectivity index (χ4n) is 3.28. The summed E-state index contributed by atoms with van der Waals surface area (Å²) in [6.45, 7) is 0.726. The van der Waals surface area contributed by atoms with Gasteiger partial charge < -0.3 is 9.15 Å². The van der Waals surface area contributed by atoms with Crippen LogP contribution >= 0.6 is 11.3 Å². The predicted octanol–water partition coefficient (Wildman–Crippen LogP) is 3.15. The minimum absolute atomic E-state index is 0.0306. The third kappa shape index (κ3) is 3.96. The molecule has 1 aliphatic rings. The van der Waals surface area contributed by atoms with Crippen molar-refractivity contribution in [1.29, 1.82) is 0 Å². The van der Waals surface area contributed by atoms with Crippen LogP contribution in [0.2, 0.25) is 0 Å². The first-order chi connectivity index (χ1) is 14.0. The zero-order chi connectivity index (χ0) is 20.4. The molecular weight excluding hydrogens is 414 g/mol. The molecule has 152 valence electrons. The summed E-state index contributed by atoms with van der Waals surface area (Å²) in [6.07, 6.45) is 1.20. The number of rotatable bonds is 5. The highest BCUT2D eigenvalue weighted by atomic mass is 32.2. The Kier molecular flexibility index (Phi) is 5.48. The molecule has 0 N–H and O–H groups in total. The summed E-state index contributed by atoms with van der Waals surface area (Å²) in [5.41, 5.74) is 1.20. The molecule has 0 bridgehead atoms. The summed E-state index contributed by atoms with van der Waals surface area (Å²) in [7, 11) is -2.35. The van der Waals surface area contributed by atoms with E-state index in [1.807, 2.05) is 16.8 Å². The molecule has 0 amide bonds. The summed E-state index contributed by atoms with van der Waals surface area (Å²) in [5.74, 6) is 0.562. The topological polar surface area (TPSA) is 103 Å². The Morgan fingerprint density at radius 3 is 2.52 bits per heavy atom. The molecule has 0 aliphatic carbocycles. The monoisotopic (exact) mass is 433 g/mol. The van der Waals surface area contributed by atoms with E-state index in [0.29, 0.717) is 43.3 Å². The van der Waals surface area contributed by atoms with Gasteiger partial charge in [-0.3, -0.25) is 0 Å². The number of methoxy groups -OCH3 is 1. The molecule has 2 aromatic heterocycles. The molecule has 29 heavy (non-hydrogen) atoms. The number of carbonyl (C=O) groups excluding carboxylic acids is 1. The summed E-state index contributed by atoms with van der Waals surface area (Å²) in [5, 5.41) is 12.1. The van der Waals surface area contributed by atoms with Gasteiger partial charge in [-0.1, -0.05) is 0 Å². The largest absolute Gasteiger partial charge is 0.465 e. The van der Waals surface area contributed by atoms with Crippen LogP contribution in [0.15, 0.2) is 50.4 Å². The van der Waals surface area contributed by atoms with E-state index < -0.39 is 16.0 Å². The number of piperidine rings is 1. The minimum Gasteiger partial charge on any atom is -0.465 e. The number of benzene rings is 1. The van der Waals surface area contributed by atoms with Crippen molar-refractivity contribution >= 4 is 27.3 Å². The maximum Gasteiger partial charge on any atom is 0.337 e. The van der Waals surface area contributed by atoms with E-state index in [-0.39, 0.29) is 10.8 Å². The smallest absolute Gasteiger partial charge is 0.337 e. The number of hydrogen-bond acceptors (Lipinski definition) is 8. The van der Waals surface area contributed by atoms with E-state index in [9.17, 15) is 13.2 Å². The maximum absolute atomic E-state index is 12.9. The van der Waals surface area contributed by atoms with Gasteiger partial charge in [0.2, 0.25) is 21.8 Å². The first kappa shape index (κ1) is 19.7. The van der Waals surface area contributed by atoms with E-state index in [2.05, 4.69) is 14.9 Å². The zero-order valence-corrected chi connectivity index (χ0v) is 17.3. The van der Waals surface area contributed by atoms with E-state index >= 15 is 0 Å². The fourth-order valence-corrected chi connectivity index (χ4v) is 5.37. The van der Waals surface area contributed by atoms with Crippen LogP contribution in [-0.2, 0) is 14.8 Å². The molecule has 1 aromatic carbocycles. The SMILES string of the molecule is COC(=O)c1ccc(S(=O)(=O)N2CCC(c3nnc(-c4ccsc4)o3)CC2)cc1. The first-order valence-corrected chi connectivity index (χ1v) is 11.4. The van der Waals surface area contributed by atoms with Gasteiger partial charge in [-0.15, -0.1) is 10.2 Å². The van der Waals surface area contributed by atoms with Crippen LogP contribution in [0.4, 0.5) is 0 Å². The summed E-state index contributed by atoms with van der Waals surface area (Å²) in [4.78, 5) is 11.7. The lowest BCUT2D eigenvalue weighted by atomic mass is 9.98. The van der Waals surface area contributed by atoms with Crippen LogP contribution in [0.1, 0.15) is 35.0 Å². The number of nitrogens with zero attached hydrogens (tertiary/aromatic N) is 3. The Hall–Kier alpha value is -2.56. The Bertz CT molecular complexity index is 1080. The first-order valence-electron chi connectivity index (χ1n) is 9.03. The third-order valence-corrected chi connectivity index (χ3v) is 7.52. The lowest BCUT2D eigenvalue weighted by Gasteiger charge is -2.29. The number of hydrogen-bond donors (Lipinski definition) is 0. The minimum atomic E-state index is -3.63. The predicted molar refractivity (Wildman–Crippen MR) is 106 cm³/mol. The van der Waals surface area contributed by atoms with Gasteiger partial charge in [0.05, 0.1) is 17.6 Å². The van der Waals surface area contributed by atoms with E-state index in [4.69, 9.17) is 4.42 Å². The van der Waals surface area contributed by atoms with Crippen molar-refractivity contribution in [2.45, 2.75) is 23.7 Å². The van der Waals surface area contributed by atoms with E-state index in [1.165, 1.54) is 35.7 Å². The van der Waals surface area contributed by atoms with Gasteiger partial charge >= 0.3 is 5.97 Å². The van der Waals surface area contributed by atoms with Crippen LogP contribution in [0.25, 0.3) is 11.5 Å². The maximum atomic E-state index is 12.9. The molecule has 1 saturated heterocycles. The highest BCUT2D eigenvalue weighted by Crippen LogP contribution is 2.32. The van der Waals surface area contributed by atoms with Gasteiger partial charge in [0, 0.05) is 30.0 Å². The molecule has 10 heteroatoms. The van der Waals surface area contributed by atoms with Crippen molar-refractivity contribution in [3.05, 3.63) is 52.5 Å². The summed E-state index contributed by atoms with van der Waals surface area (Å²) in [6, 6.07) is 7.69. The second-order valence-electron chi connectivity index (χ2n) is 6.65. The number of thiophene rings is 1. The molecule has 4 rings (SSSR count). The third-order valence-electron chi connectivity index (χ3n) is 4.93. The van der Waals surface area contributed by atoms with Crippen LogP contribution < -0.4 is 0 Å². The van der Waals surface area contributed by atoms with E-state index in [1.54, 1.807) is 11.3 Å². The quantitative estimate of drug-likeness (QED) is 0.570. The van der Waals surface area contributed by atoms with Gasteiger partial charge in [0.1, 0.15) is 0 Å². The van der Waals surface area contributed by atoms with Crippen molar-refractivity contribution in [3.8, 4) is 11.5 Å².